The minimum atomic E-state index is 0.559. The Hall–Kier alpha value is -0.780. The molecule has 0 spiro atoms. The molecule has 82 valence electrons. The summed E-state index contributed by atoms with van der Waals surface area (Å²) in [7, 11) is 2.14. The number of carbonyl (C=O) groups is 1. The Morgan fingerprint density at radius 2 is 2.20 bits per heavy atom. The van der Waals surface area contributed by atoms with Gasteiger partial charge in [-0.3, -0.25) is 9.69 Å². The lowest BCUT2D eigenvalue weighted by Gasteiger charge is -2.31. The molecule has 0 N–H and O–H groups in total. The van der Waals surface area contributed by atoms with Gasteiger partial charge in [-0.25, -0.2) is 4.98 Å². The number of hydrogen-bond donors (Lipinski definition) is 0. The molecule has 0 aromatic carbocycles. The second-order valence-electron chi connectivity index (χ2n) is 3.86. The summed E-state index contributed by atoms with van der Waals surface area (Å²) in [6, 6.07) is 0. The molecule has 1 fully saturated rings. The second kappa shape index (κ2) is 4.83. The van der Waals surface area contributed by atoms with Crippen LogP contribution in [0.2, 0.25) is 0 Å². The lowest BCUT2D eigenvalue weighted by atomic mass is 10.3. The lowest BCUT2D eigenvalue weighted by molar-refractivity contribution is 0.111. The highest BCUT2D eigenvalue weighted by atomic mass is 32.1. The van der Waals surface area contributed by atoms with Crippen LogP contribution in [0.15, 0.2) is 5.38 Å². The Balaban J connectivity index is 1.88. The first-order valence-electron chi connectivity index (χ1n) is 5.08. The zero-order chi connectivity index (χ0) is 10.7. The van der Waals surface area contributed by atoms with Crippen LogP contribution in [0.1, 0.15) is 15.5 Å². The summed E-state index contributed by atoms with van der Waals surface area (Å²) in [5, 5.41) is 2.86. The van der Waals surface area contributed by atoms with E-state index in [9.17, 15) is 4.79 Å². The maximum absolute atomic E-state index is 10.5. The van der Waals surface area contributed by atoms with Crippen molar-refractivity contribution in [1.82, 2.24) is 14.8 Å². The Kier molecular flexibility index (Phi) is 3.45. The number of likely N-dealkylation sites (N-methyl/N-ethyl adjacent to an activating group) is 1. The fourth-order valence-electron chi connectivity index (χ4n) is 1.65. The van der Waals surface area contributed by atoms with Gasteiger partial charge in [-0.05, 0) is 7.05 Å². The molecule has 0 radical (unpaired) electrons. The highest BCUT2D eigenvalue weighted by Gasteiger charge is 2.15. The fraction of sp³-hybridized carbons (Fsp3) is 0.600. The molecule has 1 aromatic heterocycles. The first-order valence-corrected chi connectivity index (χ1v) is 5.96. The summed E-state index contributed by atoms with van der Waals surface area (Å²) in [6.45, 7) is 5.29. The number of aromatic nitrogens is 1. The molecule has 4 nitrogen and oxygen atoms in total. The summed E-state index contributed by atoms with van der Waals surface area (Å²) >= 11 is 1.57. The van der Waals surface area contributed by atoms with Crippen molar-refractivity contribution in [3.8, 4) is 0 Å². The maximum Gasteiger partial charge on any atom is 0.169 e. The van der Waals surface area contributed by atoms with Gasteiger partial charge >= 0.3 is 0 Å². The third kappa shape index (κ3) is 2.84. The fourth-order valence-corrected chi connectivity index (χ4v) is 2.43. The lowest BCUT2D eigenvalue weighted by Crippen LogP contribution is -2.43. The number of nitrogens with zero attached hydrogens (tertiary/aromatic N) is 3. The highest BCUT2D eigenvalue weighted by Crippen LogP contribution is 2.12. The van der Waals surface area contributed by atoms with Gasteiger partial charge in [0, 0.05) is 31.6 Å². The predicted octanol–water partition coefficient (Wildman–Crippen LogP) is 0.703. The van der Waals surface area contributed by atoms with Crippen LogP contribution in [-0.2, 0) is 6.54 Å². The molecule has 1 saturated heterocycles. The molecular formula is C10H15N3OS. The van der Waals surface area contributed by atoms with Gasteiger partial charge in [0.15, 0.2) is 6.29 Å². The minimum absolute atomic E-state index is 0.559. The number of thiazole rings is 1. The summed E-state index contributed by atoms with van der Waals surface area (Å²) < 4.78 is 0. The van der Waals surface area contributed by atoms with Crippen molar-refractivity contribution in [1.29, 1.82) is 0 Å². The van der Waals surface area contributed by atoms with Gasteiger partial charge in [0.05, 0.1) is 6.54 Å². The number of aldehydes is 1. The van der Waals surface area contributed by atoms with Crippen molar-refractivity contribution < 1.29 is 4.79 Å². The van der Waals surface area contributed by atoms with Crippen LogP contribution < -0.4 is 0 Å². The van der Waals surface area contributed by atoms with E-state index >= 15 is 0 Å². The Morgan fingerprint density at radius 3 is 2.80 bits per heavy atom. The molecule has 0 saturated carbocycles. The van der Waals surface area contributed by atoms with E-state index in [0.29, 0.717) is 5.69 Å². The number of piperazine rings is 1. The summed E-state index contributed by atoms with van der Waals surface area (Å²) in [5.74, 6) is 0. The first kappa shape index (κ1) is 10.7. The van der Waals surface area contributed by atoms with Crippen LogP contribution in [0.25, 0.3) is 0 Å². The molecular weight excluding hydrogens is 210 g/mol. The third-order valence-corrected chi connectivity index (χ3v) is 3.50. The molecule has 1 aliphatic rings. The van der Waals surface area contributed by atoms with E-state index in [1.165, 1.54) is 0 Å². The number of hydrogen-bond acceptors (Lipinski definition) is 5. The maximum atomic E-state index is 10.5. The van der Waals surface area contributed by atoms with Crippen LogP contribution in [0.3, 0.4) is 0 Å². The van der Waals surface area contributed by atoms with Crippen LogP contribution in [-0.4, -0.2) is 54.3 Å². The van der Waals surface area contributed by atoms with Gasteiger partial charge < -0.3 is 4.90 Å². The van der Waals surface area contributed by atoms with Crippen molar-refractivity contribution in [2.75, 3.05) is 33.2 Å². The summed E-state index contributed by atoms with van der Waals surface area (Å²) in [6.07, 6.45) is 0.810. The quantitative estimate of drug-likeness (QED) is 0.710. The van der Waals surface area contributed by atoms with Crippen molar-refractivity contribution in [3.05, 3.63) is 16.1 Å². The molecule has 0 unspecified atom stereocenters. The smallest absolute Gasteiger partial charge is 0.169 e. The topological polar surface area (TPSA) is 36.4 Å². The van der Waals surface area contributed by atoms with Gasteiger partial charge in [-0.1, -0.05) is 0 Å². The monoisotopic (exact) mass is 225 g/mol. The van der Waals surface area contributed by atoms with Crippen molar-refractivity contribution in [2.45, 2.75) is 6.54 Å². The van der Waals surface area contributed by atoms with Crippen LogP contribution in [0.4, 0.5) is 0 Å². The molecule has 1 aliphatic heterocycles. The van der Waals surface area contributed by atoms with Crippen molar-refractivity contribution in [3.63, 3.8) is 0 Å². The van der Waals surface area contributed by atoms with Gasteiger partial charge in [0.2, 0.25) is 0 Å². The Bertz CT molecular complexity index is 331. The summed E-state index contributed by atoms with van der Waals surface area (Å²) in [4.78, 5) is 19.4. The minimum Gasteiger partial charge on any atom is -0.304 e. The molecule has 2 rings (SSSR count). The Labute approximate surface area is 93.5 Å². The molecule has 15 heavy (non-hydrogen) atoms. The molecule has 0 amide bonds. The zero-order valence-corrected chi connectivity index (χ0v) is 9.66. The molecule has 0 bridgehead atoms. The SMILES string of the molecule is CN1CCN(Cc2nc(C=O)cs2)CC1. The molecule has 5 heteroatoms. The van der Waals surface area contributed by atoms with E-state index < -0.39 is 0 Å². The molecule has 1 aromatic rings. The van der Waals surface area contributed by atoms with Gasteiger partial charge in [0.25, 0.3) is 0 Å². The van der Waals surface area contributed by atoms with Crippen molar-refractivity contribution >= 4 is 17.6 Å². The predicted molar refractivity (Wildman–Crippen MR) is 60.3 cm³/mol. The van der Waals surface area contributed by atoms with Gasteiger partial charge in [-0.15, -0.1) is 11.3 Å². The first-order chi connectivity index (χ1) is 7.28. The van der Waals surface area contributed by atoms with E-state index in [-0.39, 0.29) is 0 Å². The van der Waals surface area contributed by atoms with Crippen molar-refractivity contribution in [2.24, 2.45) is 0 Å². The van der Waals surface area contributed by atoms with Crippen LogP contribution >= 0.6 is 11.3 Å². The average Bonchev–Trinajstić information content (AvgIpc) is 2.69. The van der Waals surface area contributed by atoms with E-state index in [0.717, 1.165) is 44.0 Å². The van der Waals surface area contributed by atoms with Crippen LogP contribution in [0, 0.1) is 0 Å². The molecule has 0 aliphatic carbocycles. The molecule has 2 heterocycles. The summed E-state index contributed by atoms with van der Waals surface area (Å²) in [5.41, 5.74) is 0.559. The standard InChI is InChI=1S/C10H15N3OS/c1-12-2-4-13(5-3-12)6-10-11-9(7-14)8-15-10/h7-8H,2-6H2,1H3. The number of carbonyl (C=O) groups excluding carboxylic acids is 1. The third-order valence-electron chi connectivity index (χ3n) is 2.65. The Morgan fingerprint density at radius 1 is 1.47 bits per heavy atom. The van der Waals surface area contributed by atoms with Crippen LogP contribution in [0.5, 0.6) is 0 Å². The van der Waals surface area contributed by atoms with Gasteiger partial charge in [-0.2, -0.15) is 0 Å². The largest absolute Gasteiger partial charge is 0.304 e. The van der Waals surface area contributed by atoms with E-state index in [4.69, 9.17) is 0 Å². The van der Waals surface area contributed by atoms with E-state index in [1.807, 2.05) is 5.38 Å². The highest BCUT2D eigenvalue weighted by molar-refractivity contribution is 7.09. The number of rotatable bonds is 3. The average molecular weight is 225 g/mol. The van der Waals surface area contributed by atoms with Gasteiger partial charge in [0.1, 0.15) is 10.7 Å². The second-order valence-corrected chi connectivity index (χ2v) is 4.81. The molecule has 0 atom stereocenters. The van der Waals surface area contributed by atoms with E-state index in [2.05, 4.69) is 21.8 Å². The zero-order valence-electron chi connectivity index (χ0n) is 8.85. The van der Waals surface area contributed by atoms with E-state index in [1.54, 1.807) is 11.3 Å². The normalized spacial score (nSPS) is 19.3.